The Hall–Kier alpha value is -1.09. The van der Waals surface area contributed by atoms with E-state index in [9.17, 15) is 0 Å². The fourth-order valence-electron chi connectivity index (χ4n) is 1.47. The third kappa shape index (κ3) is 2.45. The predicted octanol–water partition coefficient (Wildman–Crippen LogP) is 1.77. The number of rotatable bonds is 5. The van der Waals surface area contributed by atoms with Crippen LogP contribution in [0.25, 0.3) is 0 Å². The van der Waals surface area contributed by atoms with E-state index in [-0.39, 0.29) is 0 Å². The van der Waals surface area contributed by atoms with Gasteiger partial charge >= 0.3 is 0 Å². The van der Waals surface area contributed by atoms with E-state index in [1.807, 2.05) is 12.4 Å². The van der Waals surface area contributed by atoms with Gasteiger partial charge in [-0.15, -0.1) is 0 Å². The molecule has 3 heteroatoms. The van der Waals surface area contributed by atoms with Gasteiger partial charge in [0.1, 0.15) is 0 Å². The molecule has 76 valence electrons. The van der Waals surface area contributed by atoms with E-state index in [2.05, 4.69) is 28.6 Å². The summed E-state index contributed by atoms with van der Waals surface area (Å²) in [6, 6.07) is 2.84. The Morgan fingerprint density at radius 2 is 2.36 bits per heavy atom. The van der Waals surface area contributed by atoms with E-state index >= 15 is 0 Å². The lowest BCUT2D eigenvalue weighted by Crippen LogP contribution is -2.16. The van der Waals surface area contributed by atoms with Gasteiger partial charge < -0.3 is 10.6 Å². The highest BCUT2D eigenvalue weighted by Crippen LogP contribution is 2.20. The summed E-state index contributed by atoms with van der Waals surface area (Å²) in [5.41, 5.74) is 2.47. The number of hydrogen-bond acceptors (Lipinski definition) is 3. The van der Waals surface area contributed by atoms with Gasteiger partial charge in [-0.3, -0.25) is 4.98 Å². The van der Waals surface area contributed by atoms with Crippen LogP contribution < -0.4 is 10.6 Å². The van der Waals surface area contributed by atoms with Crippen molar-refractivity contribution >= 4 is 5.69 Å². The minimum Gasteiger partial charge on any atom is -0.384 e. The molecule has 2 N–H and O–H groups in total. The summed E-state index contributed by atoms with van der Waals surface area (Å²) in [7, 11) is 0. The summed E-state index contributed by atoms with van der Waals surface area (Å²) in [5, 5.41) is 6.82. The van der Waals surface area contributed by atoms with Crippen LogP contribution in [-0.4, -0.2) is 17.6 Å². The van der Waals surface area contributed by atoms with Crippen LogP contribution in [0.4, 0.5) is 5.69 Å². The molecule has 0 bridgehead atoms. The number of pyridine rings is 1. The first-order chi connectivity index (χ1) is 6.90. The smallest absolute Gasteiger partial charge is 0.0572 e. The molecule has 0 radical (unpaired) electrons. The number of hydrogen-bond donors (Lipinski definition) is 2. The highest BCUT2D eigenvalue weighted by atomic mass is 15.0. The van der Waals surface area contributed by atoms with E-state index in [0.29, 0.717) is 0 Å². The summed E-state index contributed by atoms with van der Waals surface area (Å²) in [6.07, 6.45) is 6.42. The van der Waals surface area contributed by atoms with Crippen molar-refractivity contribution in [2.75, 3.05) is 11.9 Å². The van der Waals surface area contributed by atoms with Crippen molar-refractivity contribution in [3.05, 3.63) is 24.0 Å². The van der Waals surface area contributed by atoms with Crippen molar-refractivity contribution in [2.24, 2.45) is 0 Å². The van der Waals surface area contributed by atoms with Crippen LogP contribution in [-0.2, 0) is 6.54 Å². The van der Waals surface area contributed by atoms with Gasteiger partial charge in [-0.2, -0.15) is 0 Å². The van der Waals surface area contributed by atoms with Crippen LogP contribution in [0.1, 0.15) is 25.3 Å². The van der Waals surface area contributed by atoms with Crippen LogP contribution in [0.3, 0.4) is 0 Å². The lowest BCUT2D eigenvalue weighted by Gasteiger charge is -2.10. The highest BCUT2D eigenvalue weighted by Gasteiger charge is 2.20. The molecule has 1 saturated carbocycles. The molecule has 14 heavy (non-hydrogen) atoms. The SMILES string of the molecule is CCNc1cnccc1CNC1CC1. The Morgan fingerprint density at radius 3 is 3.07 bits per heavy atom. The minimum atomic E-state index is 0.762. The van der Waals surface area contributed by atoms with Gasteiger partial charge in [-0.1, -0.05) is 0 Å². The van der Waals surface area contributed by atoms with Gasteiger partial charge in [0.2, 0.25) is 0 Å². The number of aromatic nitrogens is 1. The van der Waals surface area contributed by atoms with Crippen LogP contribution in [0.5, 0.6) is 0 Å². The molecule has 0 aromatic carbocycles. The van der Waals surface area contributed by atoms with E-state index < -0.39 is 0 Å². The van der Waals surface area contributed by atoms with Gasteiger partial charge in [-0.25, -0.2) is 0 Å². The van der Waals surface area contributed by atoms with Gasteiger partial charge in [0.15, 0.2) is 0 Å². The first-order valence-electron chi connectivity index (χ1n) is 5.30. The molecule has 1 aliphatic carbocycles. The van der Waals surface area contributed by atoms with E-state index in [4.69, 9.17) is 0 Å². The molecule has 0 saturated heterocycles. The van der Waals surface area contributed by atoms with Crippen LogP contribution >= 0.6 is 0 Å². The Bertz CT molecular complexity index is 294. The zero-order valence-electron chi connectivity index (χ0n) is 8.59. The second kappa shape index (κ2) is 4.42. The number of nitrogens with one attached hydrogen (secondary N) is 2. The zero-order valence-corrected chi connectivity index (χ0v) is 8.59. The third-order valence-corrected chi connectivity index (χ3v) is 2.44. The quantitative estimate of drug-likeness (QED) is 0.744. The van der Waals surface area contributed by atoms with Crippen molar-refractivity contribution in [1.82, 2.24) is 10.3 Å². The summed E-state index contributed by atoms with van der Waals surface area (Å²) in [6.45, 7) is 4.00. The minimum absolute atomic E-state index is 0.762. The molecule has 1 aliphatic rings. The molecule has 0 spiro atoms. The summed E-state index contributed by atoms with van der Waals surface area (Å²) >= 11 is 0. The molecule has 0 aliphatic heterocycles. The average Bonchev–Trinajstić information content (AvgIpc) is 3.01. The maximum atomic E-state index is 4.12. The molecular formula is C11H17N3. The molecular weight excluding hydrogens is 174 g/mol. The second-order valence-corrected chi connectivity index (χ2v) is 3.72. The largest absolute Gasteiger partial charge is 0.384 e. The van der Waals surface area contributed by atoms with Crippen LogP contribution in [0.15, 0.2) is 18.5 Å². The van der Waals surface area contributed by atoms with Crippen LogP contribution in [0, 0.1) is 0 Å². The summed E-state index contributed by atoms with van der Waals surface area (Å²) < 4.78 is 0. The normalized spacial score (nSPS) is 15.5. The summed E-state index contributed by atoms with van der Waals surface area (Å²) in [5.74, 6) is 0. The molecule has 3 nitrogen and oxygen atoms in total. The molecule has 1 aromatic heterocycles. The standard InChI is InChI=1S/C11H17N3/c1-2-13-11-8-12-6-5-9(11)7-14-10-3-4-10/h5-6,8,10,13-14H,2-4,7H2,1H3. The first-order valence-corrected chi connectivity index (χ1v) is 5.30. The number of nitrogens with zero attached hydrogens (tertiary/aromatic N) is 1. The predicted molar refractivity (Wildman–Crippen MR) is 58.3 cm³/mol. The fraction of sp³-hybridized carbons (Fsp3) is 0.545. The molecule has 0 unspecified atom stereocenters. The third-order valence-electron chi connectivity index (χ3n) is 2.44. The van der Waals surface area contributed by atoms with Gasteiger partial charge in [-0.05, 0) is 31.4 Å². The van der Waals surface area contributed by atoms with Gasteiger partial charge in [0.25, 0.3) is 0 Å². The topological polar surface area (TPSA) is 37.0 Å². The van der Waals surface area contributed by atoms with E-state index in [1.165, 1.54) is 18.4 Å². The molecule has 1 fully saturated rings. The first kappa shape index (κ1) is 9.46. The average molecular weight is 191 g/mol. The van der Waals surface area contributed by atoms with Crippen molar-refractivity contribution in [2.45, 2.75) is 32.4 Å². The monoisotopic (exact) mass is 191 g/mol. The lowest BCUT2D eigenvalue weighted by atomic mass is 10.2. The van der Waals surface area contributed by atoms with Crippen molar-refractivity contribution in [3.8, 4) is 0 Å². The van der Waals surface area contributed by atoms with Gasteiger partial charge in [0, 0.05) is 25.3 Å². The Labute approximate surface area is 84.9 Å². The Balaban J connectivity index is 1.97. The Morgan fingerprint density at radius 1 is 1.50 bits per heavy atom. The van der Waals surface area contributed by atoms with Crippen molar-refractivity contribution in [3.63, 3.8) is 0 Å². The Kier molecular flexibility index (Phi) is 2.99. The maximum absolute atomic E-state index is 4.12. The van der Waals surface area contributed by atoms with Gasteiger partial charge in [0.05, 0.1) is 11.9 Å². The lowest BCUT2D eigenvalue weighted by molar-refractivity contribution is 0.688. The highest BCUT2D eigenvalue weighted by molar-refractivity contribution is 5.48. The second-order valence-electron chi connectivity index (χ2n) is 3.72. The van der Waals surface area contributed by atoms with Crippen molar-refractivity contribution in [1.29, 1.82) is 0 Å². The van der Waals surface area contributed by atoms with Crippen molar-refractivity contribution < 1.29 is 0 Å². The van der Waals surface area contributed by atoms with E-state index in [1.54, 1.807) is 0 Å². The summed E-state index contributed by atoms with van der Waals surface area (Å²) in [4.78, 5) is 4.12. The van der Waals surface area contributed by atoms with E-state index in [0.717, 1.165) is 24.8 Å². The molecule has 1 heterocycles. The molecule has 0 atom stereocenters. The zero-order chi connectivity index (χ0) is 9.80. The maximum Gasteiger partial charge on any atom is 0.0572 e. The molecule has 0 amide bonds. The van der Waals surface area contributed by atoms with Crippen LogP contribution in [0.2, 0.25) is 0 Å². The fourth-order valence-corrected chi connectivity index (χ4v) is 1.47. The molecule has 1 aromatic rings. The molecule has 2 rings (SSSR count). The number of anilines is 1.